The topological polar surface area (TPSA) is 21.3 Å². The van der Waals surface area contributed by atoms with E-state index < -0.39 is 0 Å². The second-order valence-electron chi connectivity index (χ2n) is 7.16. The molecule has 20 heavy (non-hydrogen) atoms. The van der Waals surface area contributed by atoms with Crippen molar-refractivity contribution in [1.29, 1.82) is 0 Å². The van der Waals surface area contributed by atoms with Gasteiger partial charge in [-0.05, 0) is 50.8 Å². The molecular formula is C17H28BrNO. The lowest BCUT2D eigenvalue weighted by molar-refractivity contribution is 0.239. The van der Waals surface area contributed by atoms with Gasteiger partial charge < -0.3 is 10.1 Å². The molecule has 0 aliphatic rings. The van der Waals surface area contributed by atoms with E-state index in [9.17, 15) is 0 Å². The average molecular weight is 342 g/mol. The maximum absolute atomic E-state index is 5.70. The van der Waals surface area contributed by atoms with Crippen LogP contribution in [0.15, 0.2) is 22.7 Å². The molecule has 0 atom stereocenters. The lowest BCUT2D eigenvalue weighted by atomic mass is 9.82. The van der Waals surface area contributed by atoms with Gasteiger partial charge in [0.15, 0.2) is 0 Å². The van der Waals surface area contributed by atoms with Gasteiger partial charge in [-0.1, -0.05) is 36.7 Å². The van der Waals surface area contributed by atoms with Crippen LogP contribution in [0.1, 0.15) is 53.5 Å². The number of hydrogen-bond donors (Lipinski definition) is 1. The van der Waals surface area contributed by atoms with Crippen molar-refractivity contribution in [3.8, 4) is 5.75 Å². The van der Waals surface area contributed by atoms with Gasteiger partial charge in [0.2, 0.25) is 0 Å². The van der Waals surface area contributed by atoms with Gasteiger partial charge in [0, 0.05) is 22.1 Å². The van der Waals surface area contributed by atoms with Crippen molar-refractivity contribution in [3.05, 3.63) is 28.2 Å². The summed E-state index contributed by atoms with van der Waals surface area (Å²) in [5, 5.41) is 3.66. The zero-order valence-electron chi connectivity index (χ0n) is 13.6. The molecule has 1 N–H and O–H groups in total. The maximum Gasteiger partial charge on any atom is 0.123 e. The van der Waals surface area contributed by atoms with E-state index >= 15 is 0 Å². The van der Waals surface area contributed by atoms with Crippen molar-refractivity contribution in [2.75, 3.05) is 6.61 Å². The molecule has 0 spiro atoms. The van der Waals surface area contributed by atoms with Crippen LogP contribution in [0.2, 0.25) is 0 Å². The first-order valence-corrected chi connectivity index (χ1v) is 8.08. The van der Waals surface area contributed by atoms with Crippen molar-refractivity contribution >= 4 is 15.9 Å². The first kappa shape index (κ1) is 17.5. The first-order valence-electron chi connectivity index (χ1n) is 7.29. The van der Waals surface area contributed by atoms with Gasteiger partial charge in [0.1, 0.15) is 5.75 Å². The highest BCUT2D eigenvalue weighted by Gasteiger charge is 2.25. The molecule has 3 heteroatoms. The molecule has 2 nitrogen and oxygen atoms in total. The Hall–Kier alpha value is -0.540. The molecule has 0 saturated heterocycles. The Kier molecular flexibility index (Phi) is 6.08. The van der Waals surface area contributed by atoms with Crippen LogP contribution in [-0.4, -0.2) is 12.1 Å². The van der Waals surface area contributed by atoms with E-state index in [0.717, 1.165) is 23.2 Å². The summed E-state index contributed by atoms with van der Waals surface area (Å²) in [6, 6.07) is 6.18. The highest BCUT2D eigenvalue weighted by atomic mass is 79.9. The van der Waals surface area contributed by atoms with Gasteiger partial charge >= 0.3 is 0 Å². The van der Waals surface area contributed by atoms with Crippen molar-refractivity contribution in [3.63, 3.8) is 0 Å². The van der Waals surface area contributed by atoms with E-state index in [1.54, 1.807) is 0 Å². The van der Waals surface area contributed by atoms with Crippen molar-refractivity contribution in [1.82, 2.24) is 5.32 Å². The molecule has 0 unspecified atom stereocenters. The zero-order chi connectivity index (χ0) is 15.4. The highest BCUT2D eigenvalue weighted by molar-refractivity contribution is 9.10. The normalized spacial score (nSPS) is 12.6. The summed E-state index contributed by atoms with van der Waals surface area (Å²) in [7, 11) is 0. The van der Waals surface area contributed by atoms with Crippen molar-refractivity contribution < 1.29 is 4.74 Å². The van der Waals surface area contributed by atoms with Crippen LogP contribution in [0, 0.1) is 5.41 Å². The Morgan fingerprint density at radius 2 is 1.80 bits per heavy atom. The third-order valence-corrected chi connectivity index (χ3v) is 3.55. The predicted molar refractivity (Wildman–Crippen MR) is 90.3 cm³/mol. The summed E-state index contributed by atoms with van der Waals surface area (Å²) < 4.78 is 6.79. The Bertz CT molecular complexity index is 435. The molecule has 1 aromatic rings. The number of hydrogen-bond acceptors (Lipinski definition) is 2. The number of halogens is 1. The van der Waals surface area contributed by atoms with Gasteiger partial charge in [-0.2, -0.15) is 0 Å². The molecule has 0 aromatic heterocycles. The largest absolute Gasteiger partial charge is 0.494 e. The van der Waals surface area contributed by atoms with Crippen LogP contribution in [0.25, 0.3) is 0 Å². The summed E-state index contributed by atoms with van der Waals surface area (Å²) in [4.78, 5) is 0. The van der Waals surface area contributed by atoms with Crippen LogP contribution in [0.4, 0.5) is 0 Å². The monoisotopic (exact) mass is 341 g/mol. The SMILES string of the molecule is CCOc1ccc(Br)cc1CNC(C)(C)CC(C)(C)C. The molecule has 0 fully saturated rings. The molecule has 0 radical (unpaired) electrons. The minimum atomic E-state index is 0.101. The molecule has 0 bridgehead atoms. The van der Waals surface area contributed by atoms with Crippen LogP contribution < -0.4 is 10.1 Å². The smallest absolute Gasteiger partial charge is 0.123 e. The number of nitrogens with one attached hydrogen (secondary N) is 1. The molecule has 0 aliphatic heterocycles. The molecule has 0 aliphatic carbocycles. The van der Waals surface area contributed by atoms with Gasteiger partial charge in [0.25, 0.3) is 0 Å². The number of benzene rings is 1. The minimum Gasteiger partial charge on any atom is -0.494 e. The first-order chi connectivity index (χ1) is 9.13. The molecule has 1 rings (SSSR count). The summed E-state index contributed by atoms with van der Waals surface area (Å²) in [6.07, 6.45) is 1.12. The Labute approximate surface area is 132 Å². The summed E-state index contributed by atoms with van der Waals surface area (Å²) >= 11 is 3.53. The Morgan fingerprint density at radius 1 is 1.15 bits per heavy atom. The van der Waals surface area contributed by atoms with Crippen LogP contribution in [0.3, 0.4) is 0 Å². The fourth-order valence-electron chi connectivity index (χ4n) is 2.71. The Balaban J connectivity index is 2.75. The lowest BCUT2D eigenvalue weighted by Gasteiger charge is -2.33. The molecule has 0 heterocycles. The second kappa shape index (κ2) is 6.95. The van der Waals surface area contributed by atoms with Gasteiger partial charge in [-0.15, -0.1) is 0 Å². The number of ether oxygens (including phenoxy) is 1. The molecular weight excluding hydrogens is 314 g/mol. The van der Waals surface area contributed by atoms with Gasteiger partial charge in [-0.3, -0.25) is 0 Å². The standard InChI is InChI=1S/C17H28BrNO/c1-7-20-15-9-8-14(18)10-13(15)11-19-17(5,6)12-16(2,3)4/h8-10,19H,7,11-12H2,1-6H3. The van der Waals surface area contributed by atoms with E-state index in [2.05, 4.69) is 61.9 Å². The van der Waals surface area contributed by atoms with E-state index in [-0.39, 0.29) is 5.54 Å². The third kappa shape index (κ3) is 6.27. The summed E-state index contributed by atoms with van der Waals surface area (Å²) in [5.41, 5.74) is 1.61. The van der Waals surface area contributed by atoms with Crippen molar-refractivity contribution in [2.24, 2.45) is 5.41 Å². The predicted octanol–water partition coefficient (Wildman–Crippen LogP) is 5.15. The van der Waals surface area contributed by atoms with E-state index in [0.29, 0.717) is 12.0 Å². The highest BCUT2D eigenvalue weighted by Crippen LogP contribution is 2.28. The van der Waals surface area contributed by atoms with E-state index in [1.165, 1.54) is 5.56 Å². The third-order valence-electron chi connectivity index (χ3n) is 3.05. The number of rotatable bonds is 6. The molecule has 114 valence electrons. The zero-order valence-corrected chi connectivity index (χ0v) is 15.2. The fourth-order valence-corrected chi connectivity index (χ4v) is 3.11. The second-order valence-corrected chi connectivity index (χ2v) is 8.08. The van der Waals surface area contributed by atoms with Gasteiger partial charge in [-0.25, -0.2) is 0 Å². The average Bonchev–Trinajstić information content (AvgIpc) is 2.26. The van der Waals surface area contributed by atoms with Gasteiger partial charge in [0.05, 0.1) is 6.61 Å². The van der Waals surface area contributed by atoms with Crippen molar-refractivity contribution in [2.45, 2.75) is 60.0 Å². The maximum atomic E-state index is 5.70. The van der Waals surface area contributed by atoms with Crippen LogP contribution >= 0.6 is 15.9 Å². The lowest BCUT2D eigenvalue weighted by Crippen LogP contribution is -2.41. The minimum absolute atomic E-state index is 0.101. The summed E-state index contributed by atoms with van der Waals surface area (Å²) in [6.45, 7) is 14.9. The van der Waals surface area contributed by atoms with Crippen LogP contribution in [0.5, 0.6) is 5.75 Å². The molecule has 0 amide bonds. The fraction of sp³-hybridized carbons (Fsp3) is 0.647. The molecule has 0 saturated carbocycles. The van der Waals surface area contributed by atoms with E-state index in [4.69, 9.17) is 4.74 Å². The summed E-state index contributed by atoms with van der Waals surface area (Å²) in [5.74, 6) is 0.967. The quantitative estimate of drug-likeness (QED) is 0.772. The molecule has 1 aromatic carbocycles. The Morgan fingerprint density at radius 3 is 2.35 bits per heavy atom. The van der Waals surface area contributed by atoms with E-state index in [1.807, 2.05) is 19.1 Å². The van der Waals surface area contributed by atoms with Crippen LogP contribution in [-0.2, 0) is 6.54 Å².